The summed E-state index contributed by atoms with van der Waals surface area (Å²) in [6, 6.07) is 9.30. The summed E-state index contributed by atoms with van der Waals surface area (Å²) >= 11 is 5.94. The molecule has 0 aliphatic rings. The van der Waals surface area contributed by atoms with Gasteiger partial charge in [-0.25, -0.2) is 0 Å². The molecular weight excluding hydrogens is 334 g/mol. The van der Waals surface area contributed by atoms with Crippen molar-refractivity contribution in [2.45, 2.75) is 6.42 Å². The molecule has 1 aromatic carbocycles. The van der Waals surface area contributed by atoms with Crippen LogP contribution in [-0.2, 0) is 6.42 Å². The zero-order chi connectivity index (χ0) is 17.1. The Morgan fingerprint density at radius 3 is 2.92 bits per heavy atom. The number of pyridine rings is 1. The maximum atomic E-state index is 12.2. The van der Waals surface area contributed by atoms with Gasteiger partial charge in [0.1, 0.15) is 5.82 Å². The van der Waals surface area contributed by atoms with Crippen molar-refractivity contribution >= 4 is 28.8 Å². The fourth-order valence-electron chi connectivity index (χ4n) is 2.25. The summed E-state index contributed by atoms with van der Waals surface area (Å²) in [5.74, 6) is 0.230. The van der Waals surface area contributed by atoms with E-state index in [4.69, 9.17) is 11.6 Å². The van der Waals surface area contributed by atoms with E-state index in [0.29, 0.717) is 18.8 Å². The topological polar surface area (TPSA) is 102 Å². The second-order valence-corrected chi connectivity index (χ2v) is 5.38. The summed E-state index contributed by atoms with van der Waals surface area (Å²) in [7, 11) is 0. The normalized spacial score (nSPS) is 10.7. The SMILES string of the molecule is O=C(NCCc1nnc2ccccn12)c1cc([N+](=O)[O-])ccc1Cl. The first kappa shape index (κ1) is 15.9. The monoisotopic (exact) mass is 345 g/mol. The summed E-state index contributed by atoms with van der Waals surface area (Å²) in [4.78, 5) is 22.4. The van der Waals surface area contributed by atoms with E-state index in [0.717, 1.165) is 11.7 Å². The minimum absolute atomic E-state index is 0.0666. The Kier molecular flexibility index (Phi) is 4.39. The summed E-state index contributed by atoms with van der Waals surface area (Å²) in [6.45, 7) is 0.299. The molecule has 0 radical (unpaired) electrons. The van der Waals surface area contributed by atoms with Gasteiger partial charge in [0, 0.05) is 31.3 Å². The molecule has 122 valence electrons. The van der Waals surface area contributed by atoms with E-state index in [1.807, 2.05) is 28.8 Å². The van der Waals surface area contributed by atoms with Crippen LogP contribution >= 0.6 is 11.6 Å². The quantitative estimate of drug-likeness (QED) is 0.564. The molecule has 24 heavy (non-hydrogen) atoms. The smallest absolute Gasteiger partial charge is 0.270 e. The molecule has 8 nitrogen and oxygen atoms in total. The van der Waals surface area contributed by atoms with Crippen LogP contribution in [-0.4, -0.2) is 32.0 Å². The number of carbonyl (C=O) groups excluding carboxylic acids is 1. The minimum Gasteiger partial charge on any atom is -0.352 e. The number of halogens is 1. The van der Waals surface area contributed by atoms with Crippen LogP contribution in [0.3, 0.4) is 0 Å². The number of hydrogen-bond acceptors (Lipinski definition) is 5. The lowest BCUT2D eigenvalue weighted by atomic mass is 10.2. The predicted octanol–water partition coefficient (Wildman–Crippen LogP) is 2.26. The largest absolute Gasteiger partial charge is 0.352 e. The summed E-state index contributed by atoms with van der Waals surface area (Å²) in [5, 5.41) is 21.7. The van der Waals surface area contributed by atoms with Crippen LogP contribution in [0.1, 0.15) is 16.2 Å². The lowest BCUT2D eigenvalue weighted by Crippen LogP contribution is -2.26. The summed E-state index contributed by atoms with van der Waals surface area (Å²) in [5.41, 5.74) is 0.602. The molecule has 0 aliphatic carbocycles. The highest BCUT2D eigenvalue weighted by Gasteiger charge is 2.15. The number of carbonyl (C=O) groups is 1. The van der Waals surface area contributed by atoms with Crippen LogP contribution in [0.25, 0.3) is 5.65 Å². The molecule has 0 aliphatic heterocycles. The number of amides is 1. The van der Waals surface area contributed by atoms with E-state index >= 15 is 0 Å². The molecular formula is C15H12ClN5O3. The Morgan fingerprint density at radius 1 is 1.29 bits per heavy atom. The lowest BCUT2D eigenvalue weighted by Gasteiger charge is -2.06. The van der Waals surface area contributed by atoms with Crippen molar-refractivity contribution in [3.05, 3.63) is 69.1 Å². The van der Waals surface area contributed by atoms with Gasteiger partial charge in [-0.2, -0.15) is 0 Å². The van der Waals surface area contributed by atoms with Crippen molar-refractivity contribution < 1.29 is 9.72 Å². The highest BCUT2D eigenvalue weighted by Crippen LogP contribution is 2.21. The number of nitrogens with one attached hydrogen (secondary N) is 1. The first-order valence-electron chi connectivity index (χ1n) is 7.07. The maximum Gasteiger partial charge on any atom is 0.270 e. The Labute approximate surface area is 141 Å². The molecule has 0 fully saturated rings. The third-order valence-electron chi connectivity index (χ3n) is 3.42. The molecule has 3 aromatic rings. The van der Waals surface area contributed by atoms with Crippen molar-refractivity contribution in [1.82, 2.24) is 19.9 Å². The number of hydrogen-bond donors (Lipinski definition) is 1. The molecule has 0 saturated carbocycles. The van der Waals surface area contributed by atoms with E-state index in [1.54, 1.807) is 0 Å². The number of benzene rings is 1. The van der Waals surface area contributed by atoms with Crippen LogP contribution in [0.5, 0.6) is 0 Å². The molecule has 2 aromatic heterocycles. The van der Waals surface area contributed by atoms with Gasteiger partial charge in [-0.1, -0.05) is 17.7 Å². The van der Waals surface area contributed by atoms with Gasteiger partial charge >= 0.3 is 0 Å². The van der Waals surface area contributed by atoms with Crippen molar-refractivity contribution in [2.24, 2.45) is 0 Å². The second-order valence-electron chi connectivity index (χ2n) is 4.97. The average molecular weight is 346 g/mol. The van der Waals surface area contributed by atoms with Gasteiger partial charge < -0.3 is 5.32 Å². The van der Waals surface area contributed by atoms with Gasteiger partial charge in [-0.3, -0.25) is 19.3 Å². The van der Waals surface area contributed by atoms with Gasteiger partial charge in [0.15, 0.2) is 5.65 Å². The third-order valence-corrected chi connectivity index (χ3v) is 3.75. The van der Waals surface area contributed by atoms with E-state index in [-0.39, 0.29) is 16.3 Å². The van der Waals surface area contributed by atoms with Gasteiger partial charge in [0.2, 0.25) is 0 Å². The zero-order valence-corrected chi connectivity index (χ0v) is 13.1. The van der Waals surface area contributed by atoms with Crippen LogP contribution in [0.2, 0.25) is 5.02 Å². The van der Waals surface area contributed by atoms with E-state index in [1.165, 1.54) is 12.1 Å². The Hall–Kier alpha value is -3.00. The molecule has 3 rings (SSSR count). The number of nitro benzene ring substituents is 1. The van der Waals surface area contributed by atoms with Crippen LogP contribution in [0.15, 0.2) is 42.6 Å². The highest BCUT2D eigenvalue weighted by atomic mass is 35.5. The number of nitrogens with zero attached hydrogens (tertiary/aromatic N) is 4. The highest BCUT2D eigenvalue weighted by molar-refractivity contribution is 6.33. The van der Waals surface area contributed by atoms with Crippen molar-refractivity contribution in [1.29, 1.82) is 0 Å². The molecule has 2 heterocycles. The van der Waals surface area contributed by atoms with E-state index < -0.39 is 10.8 Å². The summed E-state index contributed by atoms with van der Waals surface area (Å²) in [6.07, 6.45) is 2.30. The van der Waals surface area contributed by atoms with E-state index in [9.17, 15) is 14.9 Å². The van der Waals surface area contributed by atoms with Gasteiger partial charge in [-0.05, 0) is 18.2 Å². The second kappa shape index (κ2) is 6.63. The predicted molar refractivity (Wildman–Crippen MR) is 87.1 cm³/mol. The lowest BCUT2D eigenvalue weighted by molar-refractivity contribution is -0.384. The van der Waals surface area contributed by atoms with Gasteiger partial charge in [0.25, 0.3) is 11.6 Å². The number of aromatic nitrogens is 3. The van der Waals surface area contributed by atoms with Crippen molar-refractivity contribution in [2.75, 3.05) is 6.54 Å². The Bertz CT molecular complexity index is 924. The molecule has 0 spiro atoms. The van der Waals surface area contributed by atoms with Crippen molar-refractivity contribution in [3.63, 3.8) is 0 Å². The van der Waals surface area contributed by atoms with Crippen LogP contribution in [0, 0.1) is 10.1 Å². The molecule has 0 bridgehead atoms. The molecule has 9 heteroatoms. The van der Waals surface area contributed by atoms with Crippen LogP contribution < -0.4 is 5.32 Å². The average Bonchev–Trinajstić information content (AvgIpc) is 2.98. The number of nitro groups is 1. The fourth-order valence-corrected chi connectivity index (χ4v) is 2.45. The number of fused-ring (bicyclic) bond motifs is 1. The Morgan fingerprint density at radius 2 is 2.12 bits per heavy atom. The number of non-ortho nitro benzene ring substituents is 1. The molecule has 0 atom stereocenters. The zero-order valence-electron chi connectivity index (χ0n) is 12.3. The molecule has 1 amide bonds. The molecule has 1 N–H and O–H groups in total. The van der Waals surface area contributed by atoms with E-state index in [2.05, 4.69) is 15.5 Å². The minimum atomic E-state index is -0.574. The number of rotatable bonds is 5. The standard InChI is InChI=1S/C15H12ClN5O3/c16-12-5-4-10(21(23)24)9-11(12)15(22)17-7-6-14-19-18-13-3-1-2-8-20(13)14/h1-5,8-9H,6-7H2,(H,17,22). The van der Waals surface area contributed by atoms with Crippen molar-refractivity contribution in [3.8, 4) is 0 Å². The van der Waals surface area contributed by atoms with Gasteiger partial charge in [0.05, 0.1) is 15.5 Å². The Balaban J connectivity index is 1.68. The summed E-state index contributed by atoms with van der Waals surface area (Å²) < 4.78 is 1.83. The first-order valence-corrected chi connectivity index (χ1v) is 7.45. The molecule has 0 unspecified atom stereocenters. The maximum absolute atomic E-state index is 12.2. The molecule has 0 saturated heterocycles. The first-order chi connectivity index (χ1) is 11.6. The fraction of sp³-hybridized carbons (Fsp3) is 0.133. The third kappa shape index (κ3) is 3.18. The van der Waals surface area contributed by atoms with Crippen LogP contribution in [0.4, 0.5) is 5.69 Å². The van der Waals surface area contributed by atoms with Gasteiger partial charge in [-0.15, -0.1) is 10.2 Å².